The van der Waals surface area contributed by atoms with Crippen molar-refractivity contribution in [1.82, 2.24) is 0 Å². The van der Waals surface area contributed by atoms with Gasteiger partial charge in [-0.05, 0) is 63.1 Å². The van der Waals surface area contributed by atoms with Crippen LogP contribution in [0.1, 0.15) is 27.2 Å². The minimum Gasteiger partial charge on any atom is -0.481 e. The molecule has 1 amide bonds. The van der Waals surface area contributed by atoms with Gasteiger partial charge in [0, 0.05) is 10.6 Å². The van der Waals surface area contributed by atoms with Crippen molar-refractivity contribution in [2.24, 2.45) is 35.3 Å². The Morgan fingerprint density at radius 2 is 1.73 bits per heavy atom. The first-order chi connectivity index (χ1) is 13.8. The number of benzene rings is 1. The van der Waals surface area contributed by atoms with Crippen LogP contribution in [0.2, 0.25) is 0 Å². The van der Waals surface area contributed by atoms with Gasteiger partial charge in [-0.3, -0.25) is 9.59 Å². The summed E-state index contributed by atoms with van der Waals surface area (Å²) < 4.78 is 30.6. The smallest absolute Gasteiger partial charge is 0.405 e. The van der Waals surface area contributed by atoms with Crippen molar-refractivity contribution >= 4 is 29.8 Å². The Labute approximate surface area is 177 Å². The third-order valence-corrected chi connectivity index (χ3v) is 6.24. The molecule has 0 spiro atoms. The van der Waals surface area contributed by atoms with Gasteiger partial charge in [0.1, 0.15) is 5.60 Å². The molecule has 5 atom stereocenters. The molecule has 30 heavy (non-hydrogen) atoms. The van der Waals surface area contributed by atoms with Gasteiger partial charge in [-0.2, -0.15) is 0 Å². The number of nitrogens with two attached hydrogens (primary N) is 1. The van der Waals surface area contributed by atoms with E-state index in [0.717, 1.165) is 12.1 Å². The zero-order valence-corrected chi connectivity index (χ0v) is 17.6. The van der Waals surface area contributed by atoms with Crippen LogP contribution in [0.3, 0.4) is 0 Å². The van der Waals surface area contributed by atoms with E-state index in [9.17, 15) is 28.3 Å². The zero-order valence-electron chi connectivity index (χ0n) is 16.8. The molecule has 1 aromatic carbocycles. The lowest BCUT2D eigenvalue weighted by Crippen LogP contribution is -2.27. The standard InChI is InChI=1S/C15H14F2O4S.C5H11NO2/c16-9-2-1-7(4-10(9)17)22-5-6-3-8-12(11(6)14(18)19)13(8)15(20)21;1-5(2,3)8-4(6)7/h1-2,4,6,8,11-13H,3,5H2,(H,18,19)(H,20,21);1-3H3,(H2,6,7). The summed E-state index contributed by atoms with van der Waals surface area (Å²) in [5, 5.41) is 18.4. The second-order valence-corrected chi connectivity index (χ2v) is 9.48. The van der Waals surface area contributed by atoms with Crippen molar-refractivity contribution in [2.75, 3.05) is 5.75 Å². The van der Waals surface area contributed by atoms with E-state index in [0.29, 0.717) is 17.1 Å². The highest BCUT2D eigenvalue weighted by Gasteiger charge is 2.66. The molecular formula is C20H25F2NO6S. The summed E-state index contributed by atoms with van der Waals surface area (Å²) in [6.45, 7) is 5.28. The van der Waals surface area contributed by atoms with Crippen LogP contribution in [0, 0.1) is 41.2 Å². The molecule has 0 heterocycles. The molecule has 2 fully saturated rings. The summed E-state index contributed by atoms with van der Waals surface area (Å²) in [6, 6.07) is 3.58. The van der Waals surface area contributed by atoms with E-state index in [-0.39, 0.29) is 17.8 Å². The first-order valence-electron chi connectivity index (χ1n) is 9.33. The number of primary amides is 1. The molecule has 10 heteroatoms. The molecule has 0 radical (unpaired) electrons. The van der Waals surface area contributed by atoms with Crippen LogP contribution in [0.25, 0.3) is 0 Å². The highest BCUT2D eigenvalue weighted by atomic mass is 32.2. The Bertz CT molecular complexity index is 828. The first-order valence-corrected chi connectivity index (χ1v) is 10.3. The Balaban J connectivity index is 0.000000343. The van der Waals surface area contributed by atoms with Gasteiger partial charge in [0.25, 0.3) is 0 Å². The van der Waals surface area contributed by atoms with Crippen LogP contribution in [-0.4, -0.2) is 39.6 Å². The molecule has 0 bridgehead atoms. The molecule has 0 aliphatic heterocycles. The molecule has 5 unspecified atom stereocenters. The Kier molecular flexibility index (Phi) is 7.33. The van der Waals surface area contributed by atoms with Crippen molar-refractivity contribution in [3.05, 3.63) is 29.8 Å². The second kappa shape index (κ2) is 9.20. The molecule has 0 saturated heterocycles. The largest absolute Gasteiger partial charge is 0.481 e. The predicted molar refractivity (Wildman–Crippen MR) is 105 cm³/mol. The molecule has 0 aromatic heterocycles. The normalized spacial score (nSPS) is 26.8. The third kappa shape index (κ3) is 6.07. The molecule has 2 saturated carbocycles. The highest BCUT2D eigenvalue weighted by molar-refractivity contribution is 7.99. The van der Waals surface area contributed by atoms with Gasteiger partial charge >= 0.3 is 18.0 Å². The number of aliphatic carboxylic acids is 2. The zero-order chi connectivity index (χ0) is 22.8. The first kappa shape index (κ1) is 23.9. The number of amides is 1. The van der Waals surface area contributed by atoms with E-state index in [4.69, 9.17) is 10.8 Å². The van der Waals surface area contributed by atoms with E-state index in [1.54, 1.807) is 20.8 Å². The van der Waals surface area contributed by atoms with Gasteiger partial charge in [0.15, 0.2) is 11.6 Å². The van der Waals surface area contributed by atoms with Gasteiger partial charge < -0.3 is 20.7 Å². The maximum absolute atomic E-state index is 13.1. The average molecular weight is 445 g/mol. The molecular weight excluding hydrogens is 420 g/mol. The summed E-state index contributed by atoms with van der Waals surface area (Å²) in [7, 11) is 0. The Morgan fingerprint density at radius 3 is 2.17 bits per heavy atom. The van der Waals surface area contributed by atoms with E-state index in [1.807, 2.05) is 0 Å². The fourth-order valence-electron chi connectivity index (χ4n) is 3.96. The SMILES string of the molecule is CC(C)(C)OC(N)=O.O=C(O)C1C(CSc2ccc(F)c(F)c2)CC2C(C(=O)O)C21. The topological polar surface area (TPSA) is 127 Å². The maximum atomic E-state index is 13.1. The van der Waals surface area contributed by atoms with Crippen LogP contribution >= 0.6 is 11.8 Å². The number of carbonyl (C=O) groups is 3. The van der Waals surface area contributed by atoms with Crippen LogP contribution in [-0.2, 0) is 14.3 Å². The van der Waals surface area contributed by atoms with Crippen molar-refractivity contribution in [3.8, 4) is 0 Å². The van der Waals surface area contributed by atoms with Gasteiger partial charge in [0.05, 0.1) is 11.8 Å². The Morgan fingerprint density at radius 1 is 1.13 bits per heavy atom. The quantitative estimate of drug-likeness (QED) is 0.591. The molecule has 3 rings (SSSR count). The fraction of sp³-hybridized carbons (Fsp3) is 0.550. The minimum absolute atomic E-state index is 0.0610. The summed E-state index contributed by atoms with van der Waals surface area (Å²) >= 11 is 1.28. The summed E-state index contributed by atoms with van der Waals surface area (Å²) in [6.07, 6.45) is -0.160. The highest BCUT2D eigenvalue weighted by Crippen LogP contribution is 2.63. The summed E-state index contributed by atoms with van der Waals surface area (Å²) in [5.74, 6) is -4.96. The number of halogens is 2. The van der Waals surface area contributed by atoms with E-state index >= 15 is 0 Å². The lowest BCUT2D eigenvalue weighted by Gasteiger charge is -2.19. The molecule has 7 nitrogen and oxygen atoms in total. The van der Waals surface area contributed by atoms with Gasteiger partial charge in [-0.25, -0.2) is 13.6 Å². The van der Waals surface area contributed by atoms with Crippen molar-refractivity contribution < 1.29 is 38.1 Å². The molecule has 2 aliphatic carbocycles. The van der Waals surface area contributed by atoms with Crippen molar-refractivity contribution in [1.29, 1.82) is 0 Å². The average Bonchev–Trinajstić information content (AvgIpc) is 3.15. The van der Waals surface area contributed by atoms with E-state index in [2.05, 4.69) is 4.74 Å². The number of rotatable bonds is 5. The second-order valence-electron chi connectivity index (χ2n) is 8.39. The number of carboxylic acid groups (broad SMARTS) is 2. The lowest BCUT2D eigenvalue weighted by molar-refractivity contribution is -0.145. The fourth-order valence-corrected chi connectivity index (χ4v) is 5.06. The number of hydrogen-bond donors (Lipinski definition) is 3. The van der Waals surface area contributed by atoms with Crippen LogP contribution in [0.4, 0.5) is 13.6 Å². The van der Waals surface area contributed by atoms with Gasteiger partial charge in [-0.15, -0.1) is 11.8 Å². The minimum atomic E-state index is -0.966. The monoisotopic (exact) mass is 445 g/mol. The lowest BCUT2D eigenvalue weighted by atomic mass is 9.90. The molecule has 2 aliphatic rings. The predicted octanol–water partition coefficient (Wildman–Crippen LogP) is 3.60. The number of fused-ring (bicyclic) bond motifs is 1. The number of carboxylic acids is 2. The summed E-state index contributed by atoms with van der Waals surface area (Å²) in [4.78, 5) is 33.0. The van der Waals surface area contributed by atoms with E-state index < -0.39 is 47.1 Å². The van der Waals surface area contributed by atoms with E-state index in [1.165, 1.54) is 17.8 Å². The number of hydrogen-bond acceptors (Lipinski definition) is 5. The van der Waals surface area contributed by atoms with Crippen LogP contribution in [0.5, 0.6) is 0 Å². The number of carbonyl (C=O) groups excluding carboxylic acids is 1. The molecule has 1 aromatic rings. The number of thioether (sulfide) groups is 1. The Hall–Kier alpha value is -2.36. The van der Waals surface area contributed by atoms with Crippen molar-refractivity contribution in [3.63, 3.8) is 0 Å². The molecule has 4 N–H and O–H groups in total. The summed E-state index contributed by atoms with van der Waals surface area (Å²) in [5.41, 5.74) is 4.26. The van der Waals surface area contributed by atoms with Gasteiger partial charge in [0.2, 0.25) is 0 Å². The van der Waals surface area contributed by atoms with Crippen LogP contribution in [0.15, 0.2) is 23.1 Å². The number of ether oxygens (including phenoxy) is 1. The third-order valence-electron chi connectivity index (χ3n) is 5.06. The van der Waals surface area contributed by atoms with Crippen LogP contribution < -0.4 is 5.73 Å². The maximum Gasteiger partial charge on any atom is 0.405 e. The van der Waals surface area contributed by atoms with Gasteiger partial charge in [-0.1, -0.05) is 0 Å². The molecule has 166 valence electrons. The van der Waals surface area contributed by atoms with Crippen molar-refractivity contribution in [2.45, 2.75) is 37.7 Å².